The maximum absolute atomic E-state index is 11.0. The van der Waals surface area contributed by atoms with Crippen LogP contribution < -0.4 is 10.1 Å². The van der Waals surface area contributed by atoms with E-state index in [0.717, 1.165) is 12.8 Å². The molecule has 0 radical (unpaired) electrons. The van der Waals surface area contributed by atoms with Crippen molar-refractivity contribution in [2.24, 2.45) is 0 Å². The van der Waals surface area contributed by atoms with E-state index in [0.29, 0.717) is 18.2 Å². The number of hydrogen-bond donors (Lipinski definition) is 2. The minimum atomic E-state index is -1.06. The number of nitrogens with zero attached hydrogens (tertiary/aromatic N) is 1. The van der Waals surface area contributed by atoms with Gasteiger partial charge in [-0.25, -0.2) is 0 Å². The summed E-state index contributed by atoms with van der Waals surface area (Å²) >= 11 is 0. The fourth-order valence-corrected chi connectivity index (χ4v) is 1.92. The fourth-order valence-electron chi connectivity index (χ4n) is 1.92. The van der Waals surface area contributed by atoms with Crippen molar-refractivity contribution in [3.63, 3.8) is 0 Å². The molecule has 1 aliphatic rings. The SMILES string of the molecule is Cc1cccc(OCC(C)(O)CNC2CC2)c1[N+](=O)[O-]. The maximum Gasteiger partial charge on any atom is 0.313 e. The molecule has 2 rings (SSSR count). The number of benzene rings is 1. The highest BCUT2D eigenvalue weighted by atomic mass is 16.6. The molecule has 2 N–H and O–H groups in total. The van der Waals surface area contributed by atoms with Gasteiger partial charge in [-0.15, -0.1) is 0 Å². The molecule has 1 aromatic rings. The van der Waals surface area contributed by atoms with Crippen LogP contribution in [0.3, 0.4) is 0 Å². The van der Waals surface area contributed by atoms with E-state index in [4.69, 9.17) is 4.74 Å². The Morgan fingerprint density at radius 1 is 1.55 bits per heavy atom. The molecule has 110 valence electrons. The summed E-state index contributed by atoms with van der Waals surface area (Å²) in [6.07, 6.45) is 2.28. The number of nitro groups is 1. The molecular weight excluding hydrogens is 260 g/mol. The summed E-state index contributed by atoms with van der Waals surface area (Å²) in [6.45, 7) is 3.75. The second kappa shape index (κ2) is 5.76. The average molecular weight is 280 g/mol. The van der Waals surface area contributed by atoms with Crippen molar-refractivity contribution in [2.75, 3.05) is 13.2 Å². The summed E-state index contributed by atoms with van der Waals surface area (Å²) in [5, 5.41) is 24.5. The summed E-state index contributed by atoms with van der Waals surface area (Å²) in [5.41, 5.74) is -0.554. The lowest BCUT2D eigenvalue weighted by atomic mass is 10.1. The molecule has 0 amide bonds. The van der Waals surface area contributed by atoms with Gasteiger partial charge in [0, 0.05) is 18.2 Å². The van der Waals surface area contributed by atoms with Crippen LogP contribution in [0.2, 0.25) is 0 Å². The van der Waals surface area contributed by atoms with Gasteiger partial charge in [0.1, 0.15) is 12.2 Å². The Morgan fingerprint density at radius 2 is 2.25 bits per heavy atom. The van der Waals surface area contributed by atoms with Crippen molar-refractivity contribution in [2.45, 2.75) is 38.3 Å². The normalized spacial score (nSPS) is 17.6. The predicted molar refractivity (Wildman–Crippen MR) is 75.0 cm³/mol. The molecule has 0 bridgehead atoms. The molecule has 6 nitrogen and oxygen atoms in total. The lowest BCUT2D eigenvalue weighted by Gasteiger charge is -2.24. The largest absolute Gasteiger partial charge is 0.484 e. The van der Waals surface area contributed by atoms with Crippen molar-refractivity contribution < 1.29 is 14.8 Å². The molecule has 6 heteroatoms. The first-order valence-electron chi connectivity index (χ1n) is 6.72. The number of aliphatic hydroxyl groups is 1. The molecule has 0 aliphatic heterocycles. The minimum Gasteiger partial charge on any atom is -0.484 e. The molecule has 0 aromatic heterocycles. The Hall–Kier alpha value is -1.66. The quantitative estimate of drug-likeness (QED) is 0.587. The Balaban J connectivity index is 1.98. The van der Waals surface area contributed by atoms with Gasteiger partial charge in [-0.2, -0.15) is 0 Å². The first-order valence-corrected chi connectivity index (χ1v) is 6.72. The molecule has 1 aromatic carbocycles. The standard InChI is InChI=1S/C14H20N2O4/c1-10-4-3-5-12(13(10)16(18)19)20-9-14(2,17)8-15-11-6-7-11/h3-5,11,15,17H,6-9H2,1-2H3. The third-order valence-electron chi connectivity index (χ3n) is 3.27. The number of para-hydroxylation sites is 1. The van der Waals surface area contributed by atoms with Gasteiger partial charge >= 0.3 is 5.69 Å². The van der Waals surface area contributed by atoms with Crippen LogP contribution in [0.15, 0.2) is 18.2 Å². The zero-order valence-corrected chi connectivity index (χ0v) is 11.8. The second-order valence-electron chi connectivity index (χ2n) is 5.62. The Kier molecular flexibility index (Phi) is 4.25. The number of aryl methyl sites for hydroxylation is 1. The van der Waals surface area contributed by atoms with E-state index in [1.807, 2.05) is 0 Å². The summed E-state index contributed by atoms with van der Waals surface area (Å²) < 4.78 is 5.47. The Bertz CT molecular complexity index is 498. The van der Waals surface area contributed by atoms with Crippen molar-refractivity contribution in [3.05, 3.63) is 33.9 Å². The van der Waals surface area contributed by atoms with Gasteiger partial charge in [-0.1, -0.05) is 12.1 Å². The van der Waals surface area contributed by atoms with Crippen molar-refractivity contribution in [1.29, 1.82) is 0 Å². The highest BCUT2D eigenvalue weighted by molar-refractivity contribution is 5.52. The minimum absolute atomic E-state index is 0.0109. The second-order valence-corrected chi connectivity index (χ2v) is 5.62. The molecule has 1 fully saturated rings. The maximum atomic E-state index is 11.0. The van der Waals surface area contributed by atoms with E-state index in [2.05, 4.69) is 5.32 Å². The van der Waals surface area contributed by atoms with E-state index in [1.165, 1.54) is 0 Å². The van der Waals surface area contributed by atoms with Crippen LogP contribution in [0.1, 0.15) is 25.3 Å². The van der Waals surface area contributed by atoms with Gasteiger partial charge in [-0.3, -0.25) is 10.1 Å². The van der Waals surface area contributed by atoms with Crippen molar-refractivity contribution >= 4 is 5.69 Å². The Labute approximate surface area is 117 Å². The highest BCUT2D eigenvalue weighted by Gasteiger charge is 2.28. The van der Waals surface area contributed by atoms with Crippen LogP contribution in [0.4, 0.5) is 5.69 Å². The van der Waals surface area contributed by atoms with Crippen LogP contribution in [0.5, 0.6) is 5.75 Å². The molecule has 1 saturated carbocycles. The first-order chi connectivity index (χ1) is 9.39. The first kappa shape index (κ1) is 14.7. The number of nitro benzene ring substituents is 1. The zero-order chi connectivity index (χ0) is 14.8. The molecule has 0 spiro atoms. The average Bonchev–Trinajstić information content (AvgIpc) is 3.18. The Morgan fingerprint density at radius 3 is 2.85 bits per heavy atom. The van der Waals surface area contributed by atoms with Gasteiger partial charge in [0.25, 0.3) is 0 Å². The lowest BCUT2D eigenvalue weighted by molar-refractivity contribution is -0.386. The number of nitrogens with one attached hydrogen (secondary N) is 1. The summed E-state index contributed by atoms with van der Waals surface area (Å²) in [6, 6.07) is 5.41. The summed E-state index contributed by atoms with van der Waals surface area (Å²) in [5.74, 6) is 0.196. The lowest BCUT2D eigenvalue weighted by Crippen LogP contribution is -2.43. The number of ether oxygens (including phenoxy) is 1. The van der Waals surface area contributed by atoms with E-state index in [-0.39, 0.29) is 18.0 Å². The van der Waals surface area contributed by atoms with Crippen molar-refractivity contribution in [3.8, 4) is 5.75 Å². The van der Waals surface area contributed by atoms with Crippen molar-refractivity contribution in [1.82, 2.24) is 5.32 Å². The van der Waals surface area contributed by atoms with Gasteiger partial charge in [-0.05, 0) is 32.8 Å². The van der Waals surface area contributed by atoms with Crippen LogP contribution in [-0.2, 0) is 0 Å². The smallest absolute Gasteiger partial charge is 0.313 e. The molecule has 1 atom stereocenters. The van der Waals surface area contributed by atoms with Crippen LogP contribution >= 0.6 is 0 Å². The van der Waals surface area contributed by atoms with E-state index < -0.39 is 10.5 Å². The fraction of sp³-hybridized carbons (Fsp3) is 0.571. The van der Waals surface area contributed by atoms with E-state index >= 15 is 0 Å². The zero-order valence-electron chi connectivity index (χ0n) is 11.8. The summed E-state index contributed by atoms with van der Waals surface area (Å²) in [7, 11) is 0. The third-order valence-corrected chi connectivity index (χ3v) is 3.27. The molecule has 1 aliphatic carbocycles. The van der Waals surface area contributed by atoms with Gasteiger partial charge in [0.2, 0.25) is 0 Å². The van der Waals surface area contributed by atoms with Gasteiger partial charge in [0.15, 0.2) is 5.75 Å². The van der Waals surface area contributed by atoms with E-state index in [9.17, 15) is 15.2 Å². The topological polar surface area (TPSA) is 84.6 Å². The molecular formula is C14H20N2O4. The van der Waals surface area contributed by atoms with Gasteiger partial charge in [0.05, 0.1) is 4.92 Å². The van der Waals surface area contributed by atoms with Crippen LogP contribution in [0, 0.1) is 17.0 Å². The number of hydrogen-bond acceptors (Lipinski definition) is 5. The molecule has 20 heavy (non-hydrogen) atoms. The monoisotopic (exact) mass is 280 g/mol. The molecule has 0 saturated heterocycles. The van der Waals surface area contributed by atoms with Crippen LogP contribution in [-0.4, -0.2) is 34.8 Å². The third kappa shape index (κ3) is 3.91. The summed E-state index contributed by atoms with van der Waals surface area (Å²) in [4.78, 5) is 10.6. The van der Waals surface area contributed by atoms with Gasteiger partial charge < -0.3 is 15.2 Å². The van der Waals surface area contributed by atoms with E-state index in [1.54, 1.807) is 32.0 Å². The highest BCUT2D eigenvalue weighted by Crippen LogP contribution is 2.30. The number of rotatable bonds is 7. The molecule has 0 heterocycles. The molecule has 1 unspecified atom stereocenters. The van der Waals surface area contributed by atoms with Crippen LogP contribution in [0.25, 0.3) is 0 Å². The predicted octanol–water partition coefficient (Wildman–Crippen LogP) is 1.79.